The lowest BCUT2D eigenvalue weighted by molar-refractivity contribution is 0.0669. The standard InChI is InChI=1S/C18H23N5O/c1-13-10-21-17(14-4-2-5-14)23(13)15-6-3-9-22(12-15)18(24)16-11-19-7-8-20-16/h7-8,10-11,14-15H,2-6,9,12H2,1H3. The Balaban J connectivity index is 1.55. The van der Waals surface area contributed by atoms with Crippen LogP contribution in [0.25, 0.3) is 0 Å². The molecule has 6 heteroatoms. The van der Waals surface area contributed by atoms with Crippen LogP contribution in [0, 0.1) is 6.92 Å². The van der Waals surface area contributed by atoms with E-state index < -0.39 is 0 Å². The number of amides is 1. The van der Waals surface area contributed by atoms with Gasteiger partial charge in [0.1, 0.15) is 11.5 Å². The highest BCUT2D eigenvalue weighted by atomic mass is 16.2. The van der Waals surface area contributed by atoms with Gasteiger partial charge in [-0.2, -0.15) is 0 Å². The van der Waals surface area contributed by atoms with Crippen LogP contribution in [0.5, 0.6) is 0 Å². The van der Waals surface area contributed by atoms with Gasteiger partial charge in [-0.15, -0.1) is 0 Å². The van der Waals surface area contributed by atoms with Crippen molar-refractivity contribution in [3.63, 3.8) is 0 Å². The molecule has 3 heterocycles. The zero-order valence-electron chi connectivity index (χ0n) is 14.1. The fraction of sp³-hybridized carbons (Fsp3) is 0.556. The van der Waals surface area contributed by atoms with Crippen LogP contribution in [0.15, 0.2) is 24.8 Å². The molecule has 126 valence electrons. The van der Waals surface area contributed by atoms with Crippen molar-refractivity contribution in [3.05, 3.63) is 42.0 Å². The van der Waals surface area contributed by atoms with E-state index in [1.165, 1.54) is 30.8 Å². The highest BCUT2D eigenvalue weighted by molar-refractivity contribution is 5.92. The van der Waals surface area contributed by atoms with Gasteiger partial charge >= 0.3 is 0 Å². The maximum Gasteiger partial charge on any atom is 0.274 e. The molecule has 1 amide bonds. The number of hydrogen-bond donors (Lipinski definition) is 0. The minimum Gasteiger partial charge on any atom is -0.335 e. The molecule has 0 aromatic carbocycles. The topological polar surface area (TPSA) is 63.9 Å². The minimum absolute atomic E-state index is 0.0178. The van der Waals surface area contributed by atoms with Crippen molar-refractivity contribution >= 4 is 5.91 Å². The number of rotatable bonds is 3. The van der Waals surface area contributed by atoms with Crippen LogP contribution in [-0.4, -0.2) is 43.4 Å². The van der Waals surface area contributed by atoms with Gasteiger partial charge in [0, 0.05) is 43.3 Å². The van der Waals surface area contributed by atoms with Crippen LogP contribution < -0.4 is 0 Å². The molecule has 2 aromatic rings. The third-order valence-electron chi connectivity index (χ3n) is 5.31. The normalized spacial score (nSPS) is 21.5. The van der Waals surface area contributed by atoms with Gasteiger partial charge in [0.25, 0.3) is 5.91 Å². The molecule has 24 heavy (non-hydrogen) atoms. The molecule has 2 aromatic heterocycles. The molecule has 1 saturated heterocycles. The molecular formula is C18H23N5O. The summed E-state index contributed by atoms with van der Waals surface area (Å²) in [5.74, 6) is 1.80. The fourth-order valence-corrected chi connectivity index (χ4v) is 3.83. The Labute approximate surface area is 141 Å². The summed E-state index contributed by atoms with van der Waals surface area (Å²) in [6, 6.07) is 0.317. The number of piperidine rings is 1. The number of aryl methyl sites for hydroxylation is 1. The summed E-state index contributed by atoms with van der Waals surface area (Å²) >= 11 is 0. The summed E-state index contributed by atoms with van der Waals surface area (Å²) in [4.78, 5) is 27.5. The van der Waals surface area contributed by atoms with E-state index in [2.05, 4.69) is 26.4 Å². The second-order valence-corrected chi connectivity index (χ2v) is 6.89. The molecule has 0 spiro atoms. The summed E-state index contributed by atoms with van der Waals surface area (Å²) in [7, 11) is 0. The predicted molar refractivity (Wildman–Crippen MR) is 89.8 cm³/mol. The molecule has 1 saturated carbocycles. The Morgan fingerprint density at radius 2 is 2.00 bits per heavy atom. The van der Waals surface area contributed by atoms with E-state index >= 15 is 0 Å². The molecule has 0 bridgehead atoms. The summed E-state index contributed by atoms with van der Waals surface area (Å²) in [5.41, 5.74) is 1.63. The summed E-state index contributed by atoms with van der Waals surface area (Å²) in [6.07, 6.45) is 12.6. The molecule has 1 aliphatic heterocycles. The number of hydrogen-bond acceptors (Lipinski definition) is 4. The monoisotopic (exact) mass is 325 g/mol. The first kappa shape index (κ1) is 15.3. The zero-order chi connectivity index (χ0) is 16.5. The van der Waals surface area contributed by atoms with Gasteiger partial charge in [-0.3, -0.25) is 9.78 Å². The van der Waals surface area contributed by atoms with Crippen molar-refractivity contribution < 1.29 is 4.79 Å². The molecule has 0 radical (unpaired) electrons. The lowest BCUT2D eigenvalue weighted by Crippen LogP contribution is -2.41. The minimum atomic E-state index is -0.0178. The quantitative estimate of drug-likeness (QED) is 0.870. The molecule has 0 N–H and O–H groups in total. The van der Waals surface area contributed by atoms with Crippen LogP contribution in [0.2, 0.25) is 0 Å². The van der Waals surface area contributed by atoms with Crippen molar-refractivity contribution in [3.8, 4) is 0 Å². The number of nitrogens with zero attached hydrogens (tertiary/aromatic N) is 5. The predicted octanol–water partition coefficient (Wildman–Crippen LogP) is 2.73. The second kappa shape index (κ2) is 6.34. The number of likely N-dealkylation sites (tertiary alicyclic amines) is 1. The van der Waals surface area contributed by atoms with Crippen LogP contribution in [0.4, 0.5) is 0 Å². The van der Waals surface area contributed by atoms with E-state index in [-0.39, 0.29) is 5.91 Å². The lowest BCUT2D eigenvalue weighted by Gasteiger charge is -2.36. The van der Waals surface area contributed by atoms with Crippen LogP contribution in [-0.2, 0) is 0 Å². The molecule has 2 fully saturated rings. The maximum atomic E-state index is 12.7. The third kappa shape index (κ3) is 2.70. The molecule has 2 aliphatic rings. The molecular weight excluding hydrogens is 302 g/mol. The van der Waals surface area contributed by atoms with Crippen molar-refractivity contribution in [2.24, 2.45) is 0 Å². The smallest absolute Gasteiger partial charge is 0.274 e. The Hall–Kier alpha value is -2.24. The zero-order valence-corrected chi connectivity index (χ0v) is 14.1. The number of carbonyl (C=O) groups excluding carboxylic acids is 1. The number of carbonyl (C=O) groups is 1. The van der Waals surface area contributed by atoms with E-state index in [1.807, 2.05) is 11.1 Å². The first-order chi connectivity index (χ1) is 11.7. The highest BCUT2D eigenvalue weighted by Crippen LogP contribution is 2.38. The van der Waals surface area contributed by atoms with Crippen molar-refractivity contribution in [2.45, 2.75) is 51.0 Å². The summed E-state index contributed by atoms with van der Waals surface area (Å²) < 4.78 is 2.39. The van der Waals surface area contributed by atoms with Gasteiger partial charge in [0.05, 0.1) is 12.2 Å². The Morgan fingerprint density at radius 1 is 1.12 bits per heavy atom. The van der Waals surface area contributed by atoms with Gasteiger partial charge < -0.3 is 9.47 Å². The van der Waals surface area contributed by atoms with Gasteiger partial charge in [-0.05, 0) is 32.6 Å². The summed E-state index contributed by atoms with van der Waals surface area (Å²) in [6.45, 7) is 3.64. The van der Waals surface area contributed by atoms with E-state index in [1.54, 1.807) is 18.6 Å². The van der Waals surface area contributed by atoms with E-state index in [0.29, 0.717) is 17.7 Å². The third-order valence-corrected chi connectivity index (χ3v) is 5.31. The summed E-state index contributed by atoms with van der Waals surface area (Å²) in [5, 5.41) is 0. The van der Waals surface area contributed by atoms with Gasteiger partial charge in [0.15, 0.2) is 0 Å². The van der Waals surface area contributed by atoms with E-state index in [0.717, 1.165) is 25.9 Å². The average Bonchev–Trinajstić information content (AvgIpc) is 2.95. The van der Waals surface area contributed by atoms with E-state index in [4.69, 9.17) is 0 Å². The average molecular weight is 325 g/mol. The largest absolute Gasteiger partial charge is 0.335 e. The number of imidazole rings is 1. The molecule has 1 aliphatic carbocycles. The molecule has 4 rings (SSSR count). The lowest BCUT2D eigenvalue weighted by atomic mass is 9.84. The molecule has 1 atom stereocenters. The first-order valence-electron chi connectivity index (χ1n) is 8.83. The van der Waals surface area contributed by atoms with Crippen molar-refractivity contribution in [2.75, 3.05) is 13.1 Å². The second-order valence-electron chi connectivity index (χ2n) is 6.89. The molecule has 1 unspecified atom stereocenters. The van der Waals surface area contributed by atoms with Gasteiger partial charge in [-0.25, -0.2) is 9.97 Å². The van der Waals surface area contributed by atoms with Crippen molar-refractivity contribution in [1.29, 1.82) is 0 Å². The van der Waals surface area contributed by atoms with Crippen LogP contribution in [0.3, 0.4) is 0 Å². The van der Waals surface area contributed by atoms with Gasteiger partial charge in [-0.1, -0.05) is 6.42 Å². The van der Waals surface area contributed by atoms with Crippen molar-refractivity contribution in [1.82, 2.24) is 24.4 Å². The Morgan fingerprint density at radius 3 is 2.71 bits per heavy atom. The molecule has 6 nitrogen and oxygen atoms in total. The van der Waals surface area contributed by atoms with Crippen LogP contribution in [0.1, 0.15) is 66.1 Å². The number of aromatic nitrogens is 4. The fourth-order valence-electron chi connectivity index (χ4n) is 3.83. The first-order valence-corrected chi connectivity index (χ1v) is 8.83. The maximum absolute atomic E-state index is 12.7. The van der Waals surface area contributed by atoms with Crippen LogP contribution >= 0.6 is 0 Å². The highest BCUT2D eigenvalue weighted by Gasteiger charge is 2.31. The Kier molecular flexibility index (Phi) is 4.04. The SMILES string of the molecule is Cc1cnc(C2CCC2)n1C1CCCN(C(=O)c2cnccn2)C1. The van der Waals surface area contributed by atoms with E-state index in [9.17, 15) is 4.79 Å². The Bertz CT molecular complexity index is 722. The van der Waals surface area contributed by atoms with Gasteiger partial charge in [0.2, 0.25) is 0 Å².